The fourth-order valence-corrected chi connectivity index (χ4v) is 2.75. The molecule has 0 bridgehead atoms. The number of carboxylic acids is 2. The van der Waals surface area contributed by atoms with Gasteiger partial charge in [0.1, 0.15) is 13.2 Å². The van der Waals surface area contributed by atoms with Gasteiger partial charge in [-0.25, -0.2) is 4.79 Å². The maximum Gasteiger partial charge on any atom is 0.332 e. The van der Waals surface area contributed by atoms with E-state index in [1.807, 2.05) is 13.8 Å². The van der Waals surface area contributed by atoms with Crippen LogP contribution in [0.3, 0.4) is 0 Å². The molecule has 0 saturated carbocycles. The second-order valence-corrected chi connectivity index (χ2v) is 6.81. The summed E-state index contributed by atoms with van der Waals surface area (Å²) in [5.74, 6) is -6.85. The first-order valence-electron chi connectivity index (χ1n) is 10.3. The van der Waals surface area contributed by atoms with E-state index in [9.17, 15) is 24.3 Å². The first-order valence-corrected chi connectivity index (χ1v) is 10.3. The third-order valence-electron chi connectivity index (χ3n) is 4.22. The molecule has 0 aromatic heterocycles. The predicted octanol–water partition coefficient (Wildman–Crippen LogP) is 2.05. The van der Waals surface area contributed by atoms with E-state index >= 15 is 0 Å². The Morgan fingerprint density at radius 3 is 1.45 bits per heavy atom. The lowest BCUT2D eigenvalue weighted by molar-refractivity contribution is -0.150. The summed E-state index contributed by atoms with van der Waals surface area (Å²) in [5, 5.41) is 18.6. The van der Waals surface area contributed by atoms with Crippen molar-refractivity contribution in [2.75, 3.05) is 39.6 Å². The molecule has 0 rings (SSSR count). The minimum atomic E-state index is -1.53. The maximum atomic E-state index is 12.5. The van der Waals surface area contributed by atoms with E-state index in [4.69, 9.17) is 24.1 Å². The molecule has 0 aliphatic carbocycles. The molecule has 0 radical (unpaired) electrons. The van der Waals surface area contributed by atoms with E-state index < -0.39 is 47.7 Å². The van der Waals surface area contributed by atoms with Crippen LogP contribution in [0.2, 0.25) is 0 Å². The minimum absolute atomic E-state index is 0.0502. The van der Waals surface area contributed by atoms with Crippen molar-refractivity contribution < 1.29 is 48.3 Å². The van der Waals surface area contributed by atoms with Crippen molar-refractivity contribution in [2.24, 2.45) is 11.8 Å². The molecule has 0 aromatic carbocycles. The van der Waals surface area contributed by atoms with E-state index in [0.717, 1.165) is 12.8 Å². The molecule has 0 aliphatic rings. The van der Waals surface area contributed by atoms with Crippen molar-refractivity contribution in [3.63, 3.8) is 0 Å². The summed E-state index contributed by atoms with van der Waals surface area (Å²) in [6.07, 6.45) is 0.744. The number of carboxylic acid groups (broad SMARTS) is 2. The molecule has 2 unspecified atom stereocenters. The Kier molecular flexibility index (Phi) is 15.0. The third-order valence-corrected chi connectivity index (χ3v) is 4.22. The van der Waals surface area contributed by atoms with Crippen LogP contribution in [0.15, 0.2) is 11.1 Å². The molecular formula is C21H34O10. The third kappa shape index (κ3) is 11.5. The van der Waals surface area contributed by atoms with E-state index in [1.165, 1.54) is 13.8 Å². The molecule has 0 aromatic rings. The van der Waals surface area contributed by atoms with Crippen LogP contribution in [0.1, 0.15) is 47.0 Å². The molecule has 0 saturated heterocycles. The molecule has 31 heavy (non-hydrogen) atoms. The zero-order chi connectivity index (χ0) is 23.8. The largest absolute Gasteiger partial charge is 0.481 e. The van der Waals surface area contributed by atoms with E-state index in [-0.39, 0.29) is 32.0 Å². The highest BCUT2D eigenvalue weighted by Crippen LogP contribution is 2.28. The standard InChI is InChI=1S/C21H34O10/c1-5-7-28-9-11-30-20(26)14(3)18(16(19(24)25)13-17(22)23)15(4)21(27)31-12-10-29-8-6-2/h14-15H,5-13H2,1-4H3,(H,22,23)(H,24,25). The smallest absolute Gasteiger partial charge is 0.332 e. The summed E-state index contributed by atoms with van der Waals surface area (Å²) >= 11 is 0. The van der Waals surface area contributed by atoms with Gasteiger partial charge in [-0.1, -0.05) is 13.8 Å². The van der Waals surface area contributed by atoms with E-state index in [2.05, 4.69) is 0 Å². The number of esters is 2. The van der Waals surface area contributed by atoms with Gasteiger partial charge in [0.05, 0.1) is 31.5 Å². The quantitative estimate of drug-likeness (QED) is 0.193. The molecule has 2 N–H and O–H groups in total. The highest BCUT2D eigenvalue weighted by atomic mass is 16.6. The first-order chi connectivity index (χ1) is 14.7. The van der Waals surface area contributed by atoms with E-state index in [1.54, 1.807) is 0 Å². The lowest BCUT2D eigenvalue weighted by atomic mass is 9.84. The molecule has 0 aliphatic heterocycles. The van der Waals surface area contributed by atoms with Gasteiger partial charge in [0.15, 0.2) is 0 Å². The van der Waals surface area contributed by atoms with Crippen molar-refractivity contribution in [3.05, 3.63) is 11.1 Å². The maximum absolute atomic E-state index is 12.5. The molecule has 0 spiro atoms. The van der Waals surface area contributed by atoms with Crippen LogP contribution in [0.25, 0.3) is 0 Å². The Balaban J connectivity index is 5.49. The summed E-state index contributed by atoms with van der Waals surface area (Å²) in [5.41, 5.74) is -0.709. The average Bonchev–Trinajstić information content (AvgIpc) is 2.71. The zero-order valence-electron chi connectivity index (χ0n) is 18.7. The van der Waals surface area contributed by atoms with Crippen LogP contribution in [0, 0.1) is 11.8 Å². The van der Waals surface area contributed by atoms with Crippen molar-refractivity contribution in [2.45, 2.75) is 47.0 Å². The fourth-order valence-electron chi connectivity index (χ4n) is 2.75. The molecule has 2 atom stereocenters. The van der Waals surface area contributed by atoms with Crippen LogP contribution in [-0.4, -0.2) is 73.7 Å². The fraction of sp³-hybridized carbons (Fsp3) is 0.714. The highest BCUT2D eigenvalue weighted by Gasteiger charge is 2.34. The minimum Gasteiger partial charge on any atom is -0.481 e. The molecular weight excluding hydrogens is 412 g/mol. The highest BCUT2D eigenvalue weighted by molar-refractivity contribution is 5.96. The Bertz CT molecular complexity index is 592. The van der Waals surface area contributed by atoms with Gasteiger partial charge in [0, 0.05) is 18.8 Å². The number of carbonyl (C=O) groups excluding carboxylic acids is 2. The number of carbonyl (C=O) groups is 4. The monoisotopic (exact) mass is 446 g/mol. The zero-order valence-corrected chi connectivity index (χ0v) is 18.7. The average molecular weight is 446 g/mol. The van der Waals surface area contributed by atoms with Gasteiger partial charge in [-0.3, -0.25) is 14.4 Å². The van der Waals surface area contributed by atoms with Gasteiger partial charge in [0.2, 0.25) is 0 Å². The normalized spacial score (nSPS) is 12.5. The van der Waals surface area contributed by atoms with Gasteiger partial charge >= 0.3 is 23.9 Å². The number of aliphatic carboxylic acids is 2. The van der Waals surface area contributed by atoms with Gasteiger partial charge in [0.25, 0.3) is 0 Å². The molecule has 0 fully saturated rings. The van der Waals surface area contributed by atoms with Gasteiger partial charge in [-0.2, -0.15) is 0 Å². The van der Waals surface area contributed by atoms with E-state index in [0.29, 0.717) is 13.2 Å². The number of hydrogen-bond donors (Lipinski definition) is 2. The molecule has 0 heterocycles. The van der Waals surface area contributed by atoms with Crippen molar-refractivity contribution in [1.82, 2.24) is 0 Å². The van der Waals surface area contributed by atoms with Gasteiger partial charge in [-0.15, -0.1) is 0 Å². The van der Waals surface area contributed by atoms with Crippen LogP contribution in [0.4, 0.5) is 0 Å². The Morgan fingerprint density at radius 1 is 0.710 bits per heavy atom. The second-order valence-electron chi connectivity index (χ2n) is 6.81. The van der Waals surface area contributed by atoms with Crippen molar-refractivity contribution in [1.29, 1.82) is 0 Å². The summed E-state index contributed by atoms with van der Waals surface area (Å²) in [6, 6.07) is 0. The van der Waals surface area contributed by atoms with Crippen molar-refractivity contribution in [3.8, 4) is 0 Å². The van der Waals surface area contributed by atoms with Crippen LogP contribution in [-0.2, 0) is 38.1 Å². The number of rotatable bonds is 17. The van der Waals surface area contributed by atoms with Crippen LogP contribution in [0.5, 0.6) is 0 Å². The van der Waals surface area contributed by atoms with Gasteiger partial charge in [-0.05, 0) is 32.3 Å². The molecule has 10 nitrogen and oxygen atoms in total. The predicted molar refractivity (Wildman–Crippen MR) is 109 cm³/mol. The molecule has 178 valence electrons. The number of hydrogen-bond acceptors (Lipinski definition) is 8. The van der Waals surface area contributed by atoms with Crippen molar-refractivity contribution >= 4 is 23.9 Å². The lowest BCUT2D eigenvalue weighted by Gasteiger charge is -2.23. The Labute approximate surface area is 182 Å². The summed E-state index contributed by atoms with van der Waals surface area (Å²) in [4.78, 5) is 47.8. The summed E-state index contributed by atoms with van der Waals surface area (Å²) in [6.45, 7) is 7.83. The van der Waals surface area contributed by atoms with Crippen LogP contribution < -0.4 is 0 Å². The van der Waals surface area contributed by atoms with Gasteiger partial charge < -0.3 is 29.2 Å². The Morgan fingerprint density at radius 2 is 1.13 bits per heavy atom. The summed E-state index contributed by atoms with van der Waals surface area (Å²) < 4.78 is 20.7. The summed E-state index contributed by atoms with van der Waals surface area (Å²) in [7, 11) is 0. The SMILES string of the molecule is CCCOCCOC(=O)C(C)C(=C(CC(=O)O)C(=O)O)C(C)C(=O)OCCOCCC. The molecule has 0 amide bonds. The second kappa shape index (κ2) is 16.3. The Hall–Kier alpha value is -2.46. The topological polar surface area (TPSA) is 146 Å². The lowest BCUT2D eigenvalue weighted by Crippen LogP contribution is -2.30. The molecule has 10 heteroatoms. The number of ether oxygens (including phenoxy) is 4. The first kappa shape index (κ1) is 28.5. The van der Waals surface area contributed by atoms with Crippen LogP contribution >= 0.6 is 0 Å².